The van der Waals surface area contributed by atoms with Crippen molar-refractivity contribution in [3.05, 3.63) is 0 Å². The predicted molar refractivity (Wildman–Crippen MR) is 37.8 cm³/mol. The average Bonchev–Trinajstić information content (AvgIpc) is 2.50. The Morgan fingerprint density at radius 3 is 3.00 bits per heavy atom. The molecule has 1 atom stereocenters. The van der Waals surface area contributed by atoms with Crippen molar-refractivity contribution < 1.29 is 14.3 Å². The number of carbonyl (C=O) groups is 2. The molecule has 4 heteroatoms. The van der Waals surface area contributed by atoms with Crippen LogP contribution in [0.15, 0.2) is 0 Å². The fourth-order valence-corrected chi connectivity index (χ4v) is 1.30. The lowest BCUT2D eigenvalue weighted by atomic mass is 10.2. The minimum Gasteiger partial charge on any atom is -0.467 e. The minimum absolute atomic E-state index is 0.311. The number of amides is 1. The Morgan fingerprint density at radius 2 is 2.45 bits per heavy atom. The molecule has 1 amide bonds. The highest BCUT2D eigenvalue weighted by Crippen LogP contribution is 2.15. The Balaban J connectivity index is 2.56. The molecule has 1 saturated heterocycles. The summed E-state index contributed by atoms with van der Waals surface area (Å²) in [7, 11) is 1.34. The summed E-state index contributed by atoms with van der Waals surface area (Å²) in [4.78, 5) is 22.8. The van der Waals surface area contributed by atoms with E-state index in [1.165, 1.54) is 12.0 Å². The van der Waals surface area contributed by atoms with Crippen molar-refractivity contribution in [2.75, 3.05) is 13.7 Å². The number of rotatable bonds is 2. The molecule has 1 fully saturated rings. The second-order valence-corrected chi connectivity index (χ2v) is 2.52. The van der Waals surface area contributed by atoms with E-state index in [4.69, 9.17) is 0 Å². The Morgan fingerprint density at radius 1 is 1.73 bits per heavy atom. The molecule has 0 saturated carbocycles. The van der Waals surface area contributed by atoms with Crippen molar-refractivity contribution in [3.63, 3.8) is 0 Å². The predicted octanol–water partition coefficient (Wildman–Crippen LogP) is -0.220. The van der Waals surface area contributed by atoms with Crippen LogP contribution < -0.4 is 0 Å². The van der Waals surface area contributed by atoms with Gasteiger partial charge in [-0.2, -0.15) is 0 Å². The van der Waals surface area contributed by atoms with Crippen LogP contribution in [0.2, 0.25) is 0 Å². The van der Waals surface area contributed by atoms with Gasteiger partial charge in [0.25, 0.3) is 0 Å². The Kier molecular flexibility index (Phi) is 2.46. The van der Waals surface area contributed by atoms with Crippen LogP contribution in [0, 0.1) is 0 Å². The number of methoxy groups -OCH3 is 1. The lowest BCUT2D eigenvalue weighted by Crippen LogP contribution is -2.35. The molecule has 4 nitrogen and oxygen atoms in total. The third-order valence-corrected chi connectivity index (χ3v) is 1.90. The number of ether oxygens (including phenoxy) is 1. The number of nitrogens with zero attached hydrogens (tertiary/aromatic N) is 1. The lowest BCUT2D eigenvalue weighted by Gasteiger charge is -2.16. The van der Waals surface area contributed by atoms with Gasteiger partial charge in [0.15, 0.2) is 0 Å². The van der Waals surface area contributed by atoms with Crippen LogP contribution in [0.4, 0.5) is 0 Å². The van der Waals surface area contributed by atoms with Gasteiger partial charge < -0.3 is 9.64 Å². The van der Waals surface area contributed by atoms with Gasteiger partial charge in [0.2, 0.25) is 6.41 Å². The first kappa shape index (κ1) is 8.04. The molecule has 0 spiro atoms. The molecule has 0 N–H and O–H groups in total. The first-order valence-corrected chi connectivity index (χ1v) is 3.58. The van der Waals surface area contributed by atoms with Crippen molar-refractivity contribution in [1.29, 1.82) is 0 Å². The van der Waals surface area contributed by atoms with Crippen LogP contribution in [0.25, 0.3) is 0 Å². The van der Waals surface area contributed by atoms with E-state index in [0.717, 1.165) is 12.8 Å². The fraction of sp³-hybridized carbons (Fsp3) is 0.714. The average molecular weight is 157 g/mol. The summed E-state index contributed by atoms with van der Waals surface area (Å²) in [5.41, 5.74) is 0. The zero-order chi connectivity index (χ0) is 8.27. The van der Waals surface area contributed by atoms with E-state index >= 15 is 0 Å². The second-order valence-electron chi connectivity index (χ2n) is 2.52. The largest absolute Gasteiger partial charge is 0.467 e. The van der Waals surface area contributed by atoms with Gasteiger partial charge in [0.05, 0.1) is 7.11 Å². The number of hydrogen-bond acceptors (Lipinski definition) is 3. The highest BCUT2D eigenvalue weighted by Gasteiger charge is 2.29. The van der Waals surface area contributed by atoms with Crippen LogP contribution >= 0.6 is 0 Å². The molecule has 0 aliphatic carbocycles. The normalized spacial score (nSPS) is 23.4. The molecule has 0 bridgehead atoms. The maximum atomic E-state index is 11.0. The molecular weight excluding hydrogens is 146 g/mol. The van der Waals surface area contributed by atoms with Gasteiger partial charge in [-0.15, -0.1) is 0 Å². The van der Waals surface area contributed by atoms with Gasteiger partial charge >= 0.3 is 5.97 Å². The smallest absolute Gasteiger partial charge is 0.328 e. The monoisotopic (exact) mass is 157 g/mol. The molecule has 0 aromatic rings. The summed E-state index contributed by atoms with van der Waals surface area (Å²) in [6.45, 7) is 0.670. The molecule has 1 aliphatic heterocycles. The highest BCUT2D eigenvalue weighted by atomic mass is 16.5. The van der Waals surface area contributed by atoms with Gasteiger partial charge in [-0.1, -0.05) is 0 Å². The molecule has 0 aromatic carbocycles. The first-order chi connectivity index (χ1) is 5.29. The zero-order valence-corrected chi connectivity index (χ0v) is 6.45. The van der Waals surface area contributed by atoms with Gasteiger partial charge in [-0.25, -0.2) is 4.79 Å². The van der Waals surface area contributed by atoms with Crippen LogP contribution in [-0.4, -0.2) is 37.0 Å². The second kappa shape index (κ2) is 3.37. The van der Waals surface area contributed by atoms with Gasteiger partial charge in [-0.3, -0.25) is 4.79 Å². The van der Waals surface area contributed by atoms with Crippen molar-refractivity contribution in [1.82, 2.24) is 4.90 Å². The van der Waals surface area contributed by atoms with Gasteiger partial charge in [0.1, 0.15) is 6.04 Å². The number of carbonyl (C=O) groups excluding carboxylic acids is 2. The molecule has 11 heavy (non-hydrogen) atoms. The quantitative estimate of drug-likeness (QED) is 0.411. The molecule has 0 unspecified atom stereocenters. The van der Waals surface area contributed by atoms with Crippen LogP contribution in [0.5, 0.6) is 0 Å². The van der Waals surface area contributed by atoms with E-state index in [9.17, 15) is 9.59 Å². The number of esters is 1. The first-order valence-electron chi connectivity index (χ1n) is 3.58. The topological polar surface area (TPSA) is 46.6 Å². The molecule has 62 valence electrons. The van der Waals surface area contributed by atoms with Crippen LogP contribution in [0.3, 0.4) is 0 Å². The maximum absolute atomic E-state index is 11.0. The molecular formula is C7H11NO3. The molecule has 0 radical (unpaired) electrons. The van der Waals surface area contributed by atoms with E-state index < -0.39 is 0 Å². The molecule has 1 aliphatic rings. The third-order valence-electron chi connectivity index (χ3n) is 1.90. The Bertz CT molecular complexity index is 169. The van der Waals surface area contributed by atoms with E-state index in [0.29, 0.717) is 13.0 Å². The van der Waals surface area contributed by atoms with E-state index in [2.05, 4.69) is 4.74 Å². The summed E-state index contributed by atoms with van der Waals surface area (Å²) < 4.78 is 4.53. The van der Waals surface area contributed by atoms with Crippen molar-refractivity contribution in [3.8, 4) is 0 Å². The van der Waals surface area contributed by atoms with Crippen molar-refractivity contribution >= 4 is 12.4 Å². The van der Waals surface area contributed by atoms with Gasteiger partial charge in [0, 0.05) is 6.54 Å². The highest BCUT2D eigenvalue weighted by molar-refractivity contribution is 5.78. The number of hydrogen-bond donors (Lipinski definition) is 0. The zero-order valence-electron chi connectivity index (χ0n) is 6.45. The summed E-state index contributed by atoms with van der Waals surface area (Å²) in [5.74, 6) is -0.311. The van der Waals surface area contributed by atoms with E-state index in [1.54, 1.807) is 0 Å². The van der Waals surface area contributed by atoms with E-state index in [-0.39, 0.29) is 12.0 Å². The Labute approximate surface area is 65.1 Å². The fourth-order valence-electron chi connectivity index (χ4n) is 1.30. The maximum Gasteiger partial charge on any atom is 0.328 e. The van der Waals surface area contributed by atoms with Crippen molar-refractivity contribution in [2.45, 2.75) is 18.9 Å². The van der Waals surface area contributed by atoms with Crippen LogP contribution in [0.1, 0.15) is 12.8 Å². The third kappa shape index (κ3) is 1.50. The number of likely N-dealkylation sites (tertiary alicyclic amines) is 1. The van der Waals surface area contributed by atoms with Crippen molar-refractivity contribution in [2.24, 2.45) is 0 Å². The molecule has 1 rings (SSSR count). The Hall–Kier alpha value is -1.06. The summed E-state index contributed by atoms with van der Waals surface area (Å²) in [6.07, 6.45) is 2.32. The van der Waals surface area contributed by atoms with Gasteiger partial charge in [-0.05, 0) is 12.8 Å². The summed E-state index contributed by atoms with van der Waals surface area (Å²) >= 11 is 0. The summed E-state index contributed by atoms with van der Waals surface area (Å²) in [5, 5.41) is 0. The standard InChI is InChI=1S/C7H11NO3/c1-11-7(10)6-3-2-4-8(6)5-9/h5-6H,2-4H2,1H3/t6-/m0/s1. The summed E-state index contributed by atoms with van der Waals surface area (Å²) in [6, 6.07) is -0.336. The molecule has 0 aromatic heterocycles. The lowest BCUT2D eigenvalue weighted by molar-refractivity contribution is -0.148. The molecule has 1 heterocycles. The SMILES string of the molecule is COC(=O)[C@@H]1CCCN1C=O. The van der Waals surface area contributed by atoms with E-state index in [1.807, 2.05) is 0 Å². The minimum atomic E-state index is -0.336. The van der Waals surface area contributed by atoms with Crippen LogP contribution in [-0.2, 0) is 14.3 Å².